The van der Waals surface area contributed by atoms with Crippen molar-refractivity contribution in [2.24, 2.45) is 0 Å². The van der Waals surface area contributed by atoms with E-state index < -0.39 is 0 Å². The van der Waals surface area contributed by atoms with E-state index in [1.165, 1.54) is 17.3 Å². The first-order valence-corrected chi connectivity index (χ1v) is 8.60. The lowest BCUT2D eigenvalue weighted by molar-refractivity contribution is -0.115. The van der Waals surface area contributed by atoms with Crippen LogP contribution in [0.3, 0.4) is 0 Å². The number of anilines is 1. The van der Waals surface area contributed by atoms with E-state index in [1.807, 2.05) is 18.2 Å². The fourth-order valence-corrected chi connectivity index (χ4v) is 3.97. The van der Waals surface area contributed by atoms with Crippen LogP contribution in [0.25, 0.3) is 0 Å². The van der Waals surface area contributed by atoms with Gasteiger partial charge in [-0.1, -0.05) is 30.0 Å². The number of tetrazole rings is 1. The summed E-state index contributed by atoms with van der Waals surface area (Å²) in [6, 6.07) is 8.10. The molecular formula is C15H17N5O2S. The van der Waals surface area contributed by atoms with Crippen LogP contribution in [-0.4, -0.2) is 44.6 Å². The lowest BCUT2D eigenvalue weighted by Gasteiger charge is -2.14. The summed E-state index contributed by atoms with van der Waals surface area (Å²) in [4.78, 5) is 12.5. The SMILES string of the molecule is O=C1Nc2ccccc2CCC1Sc1nnnn1C1CCOC1. The Labute approximate surface area is 137 Å². The molecule has 120 valence electrons. The van der Waals surface area contributed by atoms with Crippen molar-refractivity contribution in [2.75, 3.05) is 18.5 Å². The molecule has 0 bridgehead atoms. The summed E-state index contributed by atoms with van der Waals surface area (Å²) in [6.45, 7) is 1.36. The van der Waals surface area contributed by atoms with Gasteiger partial charge in [-0.05, 0) is 41.3 Å². The van der Waals surface area contributed by atoms with Gasteiger partial charge in [0, 0.05) is 12.3 Å². The predicted molar refractivity (Wildman–Crippen MR) is 85.3 cm³/mol. The second-order valence-corrected chi connectivity index (χ2v) is 6.88. The van der Waals surface area contributed by atoms with Crippen LogP contribution >= 0.6 is 11.8 Å². The van der Waals surface area contributed by atoms with E-state index in [0.717, 1.165) is 31.6 Å². The molecule has 1 aromatic heterocycles. The largest absolute Gasteiger partial charge is 0.379 e. The third-order valence-corrected chi connectivity index (χ3v) is 5.42. The van der Waals surface area contributed by atoms with Crippen molar-refractivity contribution in [1.82, 2.24) is 20.2 Å². The van der Waals surface area contributed by atoms with Crippen LogP contribution in [0.4, 0.5) is 5.69 Å². The van der Waals surface area contributed by atoms with Crippen LogP contribution in [-0.2, 0) is 16.0 Å². The number of aromatic nitrogens is 4. The first-order valence-electron chi connectivity index (χ1n) is 7.72. The molecule has 2 unspecified atom stereocenters. The van der Waals surface area contributed by atoms with Gasteiger partial charge in [-0.15, -0.1) is 5.10 Å². The van der Waals surface area contributed by atoms with E-state index in [-0.39, 0.29) is 17.2 Å². The molecule has 1 saturated heterocycles. The quantitative estimate of drug-likeness (QED) is 0.921. The second kappa shape index (κ2) is 6.29. The Kier molecular flexibility index (Phi) is 4.00. The minimum absolute atomic E-state index is 0.0113. The molecule has 0 radical (unpaired) electrons. The maximum absolute atomic E-state index is 12.5. The molecule has 2 aliphatic rings. The number of nitrogens with zero attached hydrogens (tertiary/aromatic N) is 4. The zero-order valence-corrected chi connectivity index (χ0v) is 13.3. The second-order valence-electron chi connectivity index (χ2n) is 5.72. The van der Waals surface area contributed by atoms with E-state index in [2.05, 4.69) is 26.9 Å². The summed E-state index contributed by atoms with van der Waals surface area (Å²) in [5.41, 5.74) is 2.08. The van der Waals surface area contributed by atoms with E-state index in [0.29, 0.717) is 11.8 Å². The van der Waals surface area contributed by atoms with Crippen LogP contribution < -0.4 is 5.32 Å². The summed E-state index contributed by atoms with van der Waals surface area (Å²) in [6.07, 6.45) is 2.53. The summed E-state index contributed by atoms with van der Waals surface area (Å²) >= 11 is 1.44. The Morgan fingerprint density at radius 3 is 3.09 bits per heavy atom. The summed E-state index contributed by atoms with van der Waals surface area (Å²) in [5, 5.41) is 15.4. The van der Waals surface area contributed by atoms with E-state index in [4.69, 9.17) is 4.74 Å². The van der Waals surface area contributed by atoms with Gasteiger partial charge in [-0.2, -0.15) is 0 Å². The van der Waals surface area contributed by atoms with Gasteiger partial charge in [0.25, 0.3) is 0 Å². The Morgan fingerprint density at radius 1 is 1.30 bits per heavy atom. The number of amides is 1. The molecule has 0 aliphatic carbocycles. The number of nitrogens with one attached hydrogen (secondary N) is 1. The van der Waals surface area contributed by atoms with Gasteiger partial charge in [0.05, 0.1) is 17.9 Å². The average Bonchev–Trinajstić information content (AvgIpc) is 3.20. The van der Waals surface area contributed by atoms with Crippen molar-refractivity contribution in [3.63, 3.8) is 0 Å². The maximum Gasteiger partial charge on any atom is 0.237 e. The highest BCUT2D eigenvalue weighted by molar-refractivity contribution is 8.00. The Bertz CT molecular complexity index is 713. The molecule has 1 N–H and O–H groups in total. The van der Waals surface area contributed by atoms with Crippen LogP contribution in [0.1, 0.15) is 24.4 Å². The third-order valence-electron chi connectivity index (χ3n) is 4.21. The minimum Gasteiger partial charge on any atom is -0.379 e. The van der Waals surface area contributed by atoms with E-state index >= 15 is 0 Å². The molecule has 0 spiro atoms. The zero-order valence-electron chi connectivity index (χ0n) is 12.5. The van der Waals surface area contributed by atoms with Gasteiger partial charge in [0.15, 0.2) is 0 Å². The highest BCUT2D eigenvalue weighted by Crippen LogP contribution is 2.32. The molecule has 1 fully saturated rings. The maximum atomic E-state index is 12.5. The van der Waals surface area contributed by atoms with Gasteiger partial charge in [0.1, 0.15) is 0 Å². The normalized spacial score (nSPS) is 24.1. The lowest BCUT2D eigenvalue weighted by Crippen LogP contribution is -2.24. The lowest BCUT2D eigenvalue weighted by atomic mass is 10.1. The monoisotopic (exact) mass is 331 g/mol. The molecule has 8 heteroatoms. The molecule has 4 rings (SSSR count). The zero-order chi connectivity index (χ0) is 15.6. The topological polar surface area (TPSA) is 81.9 Å². The fourth-order valence-electron chi connectivity index (χ4n) is 2.94. The molecule has 1 amide bonds. The van der Waals surface area contributed by atoms with Crippen molar-refractivity contribution in [2.45, 2.75) is 35.7 Å². The van der Waals surface area contributed by atoms with Crippen LogP contribution in [0.15, 0.2) is 29.4 Å². The Morgan fingerprint density at radius 2 is 2.22 bits per heavy atom. The number of hydrogen-bond donors (Lipinski definition) is 1. The highest BCUT2D eigenvalue weighted by Gasteiger charge is 2.29. The molecule has 2 aliphatic heterocycles. The number of fused-ring (bicyclic) bond motifs is 1. The third kappa shape index (κ3) is 2.96. The van der Waals surface area contributed by atoms with Crippen LogP contribution in [0.2, 0.25) is 0 Å². The summed E-state index contributed by atoms with van der Waals surface area (Å²) in [7, 11) is 0. The van der Waals surface area contributed by atoms with Gasteiger partial charge < -0.3 is 10.1 Å². The first-order chi connectivity index (χ1) is 11.3. The number of carbonyl (C=O) groups is 1. The Balaban J connectivity index is 1.52. The summed E-state index contributed by atoms with van der Waals surface area (Å²) < 4.78 is 7.20. The number of thioether (sulfide) groups is 1. The molecule has 1 aromatic carbocycles. The number of carbonyl (C=O) groups excluding carboxylic acids is 1. The van der Waals surface area contributed by atoms with Crippen molar-refractivity contribution in [3.8, 4) is 0 Å². The molecule has 23 heavy (non-hydrogen) atoms. The molecule has 2 atom stereocenters. The standard InChI is InChI=1S/C15H17N5O2S/c21-14-13(6-5-10-3-1-2-4-12(10)16-14)23-15-17-18-19-20(15)11-7-8-22-9-11/h1-4,11,13H,5-9H2,(H,16,21). The number of hydrogen-bond acceptors (Lipinski definition) is 6. The van der Waals surface area contributed by atoms with Gasteiger partial charge >= 0.3 is 0 Å². The van der Waals surface area contributed by atoms with E-state index in [1.54, 1.807) is 4.68 Å². The first kappa shape index (κ1) is 14.6. The van der Waals surface area contributed by atoms with Gasteiger partial charge in [0.2, 0.25) is 11.1 Å². The van der Waals surface area contributed by atoms with Crippen LogP contribution in [0.5, 0.6) is 0 Å². The molecule has 0 saturated carbocycles. The average molecular weight is 331 g/mol. The number of benzene rings is 1. The van der Waals surface area contributed by atoms with Crippen molar-refractivity contribution >= 4 is 23.4 Å². The smallest absolute Gasteiger partial charge is 0.237 e. The predicted octanol–water partition coefficient (Wildman–Crippen LogP) is 1.68. The number of ether oxygens (including phenoxy) is 1. The molecule has 3 heterocycles. The molecule has 7 nitrogen and oxygen atoms in total. The van der Waals surface area contributed by atoms with Crippen molar-refractivity contribution < 1.29 is 9.53 Å². The fraction of sp³-hybridized carbons (Fsp3) is 0.467. The van der Waals surface area contributed by atoms with Gasteiger partial charge in [-0.25, -0.2) is 4.68 Å². The minimum atomic E-state index is -0.200. The highest BCUT2D eigenvalue weighted by atomic mass is 32.2. The molecule has 2 aromatic rings. The van der Waals surface area contributed by atoms with Crippen molar-refractivity contribution in [3.05, 3.63) is 29.8 Å². The summed E-state index contributed by atoms with van der Waals surface area (Å²) in [5.74, 6) is 0.0113. The molecular weight excluding hydrogens is 314 g/mol. The number of aryl methyl sites for hydroxylation is 1. The number of rotatable bonds is 3. The Hall–Kier alpha value is -1.93. The van der Waals surface area contributed by atoms with Crippen LogP contribution in [0, 0.1) is 0 Å². The van der Waals surface area contributed by atoms with Crippen molar-refractivity contribution in [1.29, 1.82) is 0 Å². The van der Waals surface area contributed by atoms with Gasteiger partial charge in [-0.3, -0.25) is 4.79 Å². The van der Waals surface area contributed by atoms with E-state index in [9.17, 15) is 4.79 Å². The number of para-hydroxylation sites is 1.